The number of hydrogen-bond acceptors (Lipinski definition) is 6. The molecule has 2 aliphatic heterocycles. The van der Waals surface area contributed by atoms with Gasteiger partial charge in [-0.1, -0.05) is 29.8 Å². The van der Waals surface area contributed by atoms with E-state index in [1.54, 1.807) is 4.90 Å². The molecule has 8 nitrogen and oxygen atoms in total. The third-order valence-electron chi connectivity index (χ3n) is 6.77. The number of aryl methyl sites for hydroxylation is 1. The summed E-state index contributed by atoms with van der Waals surface area (Å²) in [5.74, 6) is 0.0873. The smallest absolute Gasteiger partial charge is 0.263 e. The molecule has 3 aromatic rings. The molecule has 2 aliphatic rings. The molecule has 2 amide bonds. The first-order chi connectivity index (χ1) is 16.5. The van der Waals surface area contributed by atoms with E-state index in [4.69, 9.17) is 0 Å². The van der Waals surface area contributed by atoms with E-state index >= 15 is 0 Å². The topological polar surface area (TPSA) is 78.8 Å². The molecular weight excluding hydrogens is 450 g/mol. The lowest BCUT2D eigenvalue weighted by Gasteiger charge is -2.35. The highest BCUT2D eigenvalue weighted by Gasteiger charge is 2.26. The summed E-state index contributed by atoms with van der Waals surface area (Å²) in [5.41, 5.74) is 2.80. The fourth-order valence-electron chi connectivity index (χ4n) is 4.68. The molecule has 0 radical (unpaired) electrons. The number of rotatable bonds is 5. The number of aromatic nitrogens is 2. The van der Waals surface area contributed by atoms with Gasteiger partial charge in [-0.3, -0.25) is 23.9 Å². The van der Waals surface area contributed by atoms with Crippen LogP contribution in [0.25, 0.3) is 21.3 Å². The molecule has 0 saturated carbocycles. The van der Waals surface area contributed by atoms with Crippen molar-refractivity contribution in [2.24, 2.45) is 0 Å². The lowest BCUT2D eigenvalue weighted by Crippen LogP contribution is -2.52. The van der Waals surface area contributed by atoms with Crippen LogP contribution in [-0.4, -0.2) is 81.9 Å². The number of thiophene rings is 1. The van der Waals surface area contributed by atoms with Gasteiger partial charge in [-0.15, -0.1) is 11.3 Å². The number of carbonyl (C=O) groups is 2. The molecule has 178 valence electrons. The number of fused-ring (bicyclic) bond motifs is 1. The molecule has 0 N–H and O–H groups in total. The molecule has 2 aromatic heterocycles. The van der Waals surface area contributed by atoms with Gasteiger partial charge in [0, 0.05) is 50.2 Å². The zero-order valence-electron chi connectivity index (χ0n) is 19.4. The molecule has 0 unspecified atom stereocenters. The van der Waals surface area contributed by atoms with Crippen molar-refractivity contribution in [3.8, 4) is 11.1 Å². The first-order valence-corrected chi connectivity index (χ1v) is 12.7. The summed E-state index contributed by atoms with van der Waals surface area (Å²) in [6.45, 7) is 6.59. The number of likely N-dealkylation sites (tertiary alicyclic amines) is 1. The summed E-state index contributed by atoms with van der Waals surface area (Å²) in [4.78, 5) is 49.6. The third kappa shape index (κ3) is 4.63. The van der Waals surface area contributed by atoms with Crippen LogP contribution >= 0.6 is 11.3 Å². The van der Waals surface area contributed by atoms with Crippen molar-refractivity contribution in [3.05, 3.63) is 51.9 Å². The Morgan fingerprint density at radius 2 is 1.56 bits per heavy atom. The minimum Gasteiger partial charge on any atom is -0.342 e. The van der Waals surface area contributed by atoms with E-state index in [1.807, 2.05) is 41.5 Å². The Morgan fingerprint density at radius 3 is 2.26 bits per heavy atom. The normalized spacial score (nSPS) is 17.0. The van der Waals surface area contributed by atoms with Crippen LogP contribution in [0.5, 0.6) is 0 Å². The first kappa shape index (κ1) is 22.7. The number of benzene rings is 1. The Balaban J connectivity index is 1.25. The van der Waals surface area contributed by atoms with E-state index in [0.29, 0.717) is 42.9 Å². The third-order valence-corrected chi connectivity index (χ3v) is 7.66. The monoisotopic (exact) mass is 479 g/mol. The Bertz CT molecular complexity index is 1250. The number of nitrogens with zero attached hydrogens (tertiary/aromatic N) is 5. The molecule has 34 heavy (non-hydrogen) atoms. The van der Waals surface area contributed by atoms with Gasteiger partial charge in [-0.2, -0.15) is 0 Å². The second kappa shape index (κ2) is 9.68. The molecule has 1 aromatic carbocycles. The average Bonchev–Trinajstić information content (AvgIpc) is 3.53. The van der Waals surface area contributed by atoms with Gasteiger partial charge in [0.25, 0.3) is 5.56 Å². The molecular formula is C25H29N5O3S. The van der Waals surface area contributed by atoms with Crippen LogP contribution < -0.4 is 5.56 Å². The quantitative estimate of drug-likeness (QED) is 0.561. The largest absolute Gasteiger partial charge is 0.342 e. The van der Waals surface area contributed by atoms with Crippen LogP contribution in [-0.2, 0) is 16.1 Å². The fraction of sp³-hybridized carbons (Fsp3) is 0.440. The zero-order valence-corrected chi connectivity index (χ0v) is 20.2. The fourth-order valence-corrected chi connectivity index (χ4v) is 5.59. The maximum atomic E-state index is 13.3. The molecule has 2 fully saturated rings. The van der Waals surface area contributed by atoms with Crippen molar-refractivity contribution in [2.45, 2.75) is 26.3 Å². The van der Waals surface area contributed by atoms with E-state index in [9.17, 15) is 14.4 Å². The van der Waals surface area contributed by atoms with Crippen LogP contribution in [0.3, 0.4) is 0 Å². The van der Waals surface area contributed by atoms with Crippen LogP contribution in [0.2, 0.25) is 0 Å². The lowest BCUT2D eigenvalue weighted by atomic mass is 10.1. The Labute approximate surface area is 202 Å². The summed E-state index contributed by atoms with van der Waals surface area (Å²) in [5, 5.41) is 2.52. The van der Waals surface area contributed by atoms with Crippen molar-refractivity contribution in [2.75, 3.05) is 45.8 Å². The van der Waals surface area contributed by atoms with Gasteiger partial charge in [0.2, 0.25) is 11.8 Å². The number of hydrogen-bond donors (Lipinski definition) is 0. The number of piperazine rings is 1. The second-order valence-corrected chi connectivity index (χ2v) is 9.98. The van der Waals surface area contributed by atoms with Crippen LogP contribution in [0.4, 0.5) is 0 Å². The standard InChI is InChI=1S/C25H29N5O3S/c1-18-4-6-19(7-5-18)20-16-34-24-23(20)25(33)30(17-26-24)15-22(32)29-12-10-27(11-13-29)14-21(31)28-8-2-3-9-28/h4-7,16-17H,2-3,8-15H2,1H3. The zero-order chi connectivity index (χ0) is 23.7. The number of carbonyl (C=O) groups excluding carboxylic acids is 2. The summed E-state index contributed by atoms with van der Waals surface area (Å²) in [7, 11) is 0. The van der Waals surface area contributed by atoms with Crippen molar-refractivity contribution in [1.82, 2.24) is 24.3 Å². The lowest BCUT2D eigenvalue weighted by molar-refractivity contribution is -0.135. The highest BCUT2D eigenvalue weighted by molar-refractivity contribution is 7.17. The molecule has 0 atom stereocenters. The van der Waals surface area contributed by atoms with E-state index in [2.05, 4.69) is 9.88 Å². The van der Waals surface area contributed by atoms with E-state index in [-0.39, 0.29) is 23.9 Å². The van der Waals surface area contributed by atoms with Gasteiger partial charge < -0.3 is 9.80 Å². The van der Waals surface area contributed by atoms with Crippen molar-refractivity contribution >= 4 is 33.4 Å². The summed E-state index contributed by atoms with van der Waals surface area (Å²) in [6.07, 6.45) is 3.65. The summed E-state index contributed by atoms with van der Waals surface area (Å²) in [6, 6.07) is 8.06. The van der Waals surface area contributed by atoms with Gasteiger partial charge in [0.15, 0.2) is 0 Å². The SMILES string of the molecule is Cc1ccc(-c2csc3ncn(CC(=O)N4CCN(CC(=O)N5CCCC5)CC4)c(=O)c23)cc1. The highest BCUT2D eigenvalue weighted by Crippen LogP contribution is 2.30. The van der Waals surface area contributed by atoms with E-state index in [0.717, 1.165) is 42.6 Å². The van der Waals surface area contributed by atoms with Gasteiger partial charge in [-0.25, -0.2) is 4.98 Å². The van der Waals surface area contributed by atoms with E-state index < -0.39 is 0 Å². The maximum absolute atomic E-state index is 13.3. The molecule has 5 rings (SSSR count). The molecule has 0 bridgehead atoms. The van der Waals surface area contributed by atoms with Crippen molar-refractivity contribution < 1.29 is 9.59 Å². The first-order valence-electron chi connectivity index (χ1n) is 11.8. The molecule has 9 heteroatoms. The second-order valence-electron chi connectivity index (χ2n) is 9.12. The minimum absolute atomic E-state index is 0.0301. The van der Waals surface area contributed by atoms with E-state index in [1.165, 1.54) is 22.2 Å². The molecule has 0 aliphatic carbocycles. The summed E-state index contributed by atoms with van der Waals surface area (Å²) >= 11 is 1.44. The average molecular weight is 480 g/mol. The Morgan fingerprint density at radius 1 is 0.912 bits per heavy atom. The summed E-state index contributed by atoms with van der Waals surface area (Å²) < 4.78 is 1.42. The van der Waals surface area contributed by atoms with Crippen molar-refractivity contribution in [3.63, 3.8) is 0 Å². The van der Waals surface area contributed by atoms with Gasteiger partial charge in [0.05, 0.1) is 18.3 Å². The highest BCUT2D eigenvalue weighted by atomic mass is 32.1. The molecule has 0 spiro atoms. The molecule has 2 saturated heterocycles. The predicted molar refractivity (Wildman–Crippen MR) is 133 cm³/mol. The number of amides is 2. The minimum atomic E-state index is -0.190. The predicted octanol–water partition coefficient (Wildman–Crippen LogP) is 2.20. The van der Waals surface area contributed by atoms with Crippen LogP contribution in [0.15, 0.2) is 40.8 Å². The van der Waals surface area contributed by atoms with Gasteiger partial charge >= 0.3 is 0 Å². The Kier molecular flexibility index (Phi) is 6.47. The van der Waals surface area contributed by atoms with Crippen molar-refractivity contribution in [1.29, 1.82) is 0 Å². The van der Waals surface area contributed by atoms with Gasteiger partial charge in [-0.05, 0) is 25.3 Å². The van der Waals surface area contributed by atoms with Crippen LogP contribution in [0, 0.1) is 6.92 Å². The Hall–Kier alpha value is -3.04. The maximum Gasteiger partial charge on any atom is 0.263 e. The molecule has 4 heterocycles. The van der Waals surface area contributed by atoms with Crippen LogP contribution in [0.1, 0.15) is 18.4 Å². The van der Waals surface area contributed by atoms with Gasteiger partial charge in [0.1, 0.15) is 11.4 Å².